The molecule has 1 atom stereocenters. The summed E-state index contributed by atoms with van der Waals surface area (Å²) in [6.07, 6.45) is 2.40. The summed E-state index contributed by atoms with van der Waals surface area (Å²) in [5, 5.41) is 0. The maximum atomic E-state index is 12.1. The van der Waals surface area contributed by atoms with E-state index in [4.69, 9.17) is 4.74 Å². The summed E-state index contributed by atoms with van der Waals surface area (Å²) in [5.41, 5.74) is 0.778. The number of hydrogen-bond donors (Lipinski definition) is 0. The van der Waals surface area contributed by atoms with Crippen LogP contribution in [0.4, 0.5) is 0 Å². The van der Waals surface area contributed by atoms with E-state index in [0.29, 0.717) is 18.7 Å². The predicted molar refractivity (Wildman–Crippen MR) is 83.9 cm³/mol. The van der Waals surface area contributed by atoms with E-state index in [0.717, 1.165) is 23.0 Å². The molecule has 5 heteroatoms. The summed E-state index contributed by atoms with van der Waals surface area (Å²) in [4.78, 5) is 24.0. The predicted octanol–water partition coefficient (Wildman–Crippen LogP) is 1.33. The molecular formula is C17H20N2O3. The molecule has 3 rings (SSSR count). The van der Waals surface area contributed by atoms with Gasteiger partial charge in [-0.2, -0.15) is 0 Å². The van der Waals surface area contributed by atoms with Crippen LogP contribution in [0.25, 0.3) is 0 Å². The molecule has 5 nitrogen and oxygen atoms in total. The van der Waals surface area contributed by atoms with E-state index in [2.05, 4.69) is 0 Å². The molecular weight excluding hydrogens is 280 g/mol. The first kappa shape index (κ1) is 14.8. The van der Waals surface area contributed by atoms with E-state index in [1.165, 1.54) is 17.7 Å². The van der Waals surface area contributed by atoms with Gasteiger partial charge >= 0.3 is 5.69 Å². The molecule has 2 heterocycles. The lowest BCUT2D eigenvalue weighted by Crippen LogP contribution is -2.40. The maximum absolute atomic E-state index is 12.1. The Kier molecular flexibility index (Phi) is 3.74. The molecule has 22 heavy (non-hydrogen) atoms. The number of benzene rings is 1. The molecule has 0 unspecified atom stereocenters. The van der Waals surface area contributed by atoms with Gasteiger partial charge in [0.2, 0.25) is 0 Å². The maximum Gasteiger partial charge on any atom is 0.330 e. The van der Waals surface area contributed by atoms with Gasteiger partial charge in [0, 0.05) is 38.9 Å². The molecule has 0 aliphatic carbocycles. The van der Waals surface area contributed by atoms with Crippen molar-refractivity contribution in [2.75, 3.05) is 6.61 Å². The lowest BCUT2D eigenvalue weighted by molar-refractivity contribution is -0.00116. The molecule has 116 valence electrons. The minimum Gasteiger partial charge on any atom is -0.370 e. The molecule has 0 spiro atoms. The van der Waals surface area contributed by atoms with Crippen LogP contribution in [0.15, 0.2) is 46.0 Å². The quantitative estimate of drug-likeness (QED) is 0.859. The van der Waals surface area contributed by atoms with Crippen molar-refractivity contribution in [3.05, 3.63) is 68.5 Å². The van der Waals surface area contributed by atoms with E-state index in [-0.39, 0.29) is 11.2 Å². The highest BCUT2D eigenvalue weighted by molar-refractivity contribution is 5.26. The molecule has 1 aliphatic heterocycles. The Bertz CT molecular complexity index is 784. The largest absolute Gasteiger partial charge is 0.370 e. The minimum atomic E-state index is -0.447. The number of aromatic nitrogens is 2. The van der Waals surface area contributed by atoms with Crippen molar-refractivity contribution in [1.29, 1.82) is 0 Å². The van der Waals surface area contributed by atoms with Crippen molar-refractivity contribution < 1.29 is 4.74 Å². The zero-order valence-electron chi connectivity index (χ0n) is 12.9. The minimum absolute atomic E-state index is 0.278. The SMILES string of the molecule is Cn1c(C[C@]2(c3ccccc3)CCCO2)cc(=O)n(C)c1=O. The van der Waals surface area contributed by atoms with Crippen LogP contribution in [0.2, 0.25) is 0 Å². The van der Waals surface area contributed by atoms with Gasteiger partial charge in [-0.15, -0.1) is 0 Å². The highest BCUT2D eigenvalue weighted by Crippen LogP contribution is 2.38. The van der Waals surface area contributed by atoms with Crippen LogP contribution in [0.1, 0.15) is 24.1 Å². The fraction of sp³-hybridized carbons (Fsp3) is 0.412. The lowest BCUT2D eigenvalue weighted by Gasteiger charge is -2.29. The first-order valence-electron chi connectivity index (χ1n) is 7.49. The van der Waals surface area contributed by atoms with E-state index < -0.39 is 5.60 Å². The molecule has 0 saturated carbocycles. The summed E-state index contributed by atoms with van der Waals surface area (Å²) >= 11 is 0. The van der Waals surface area contributed by atoms with Gasteiger partial charge < -0.3 is 9.30 Å². The molecule has 0 bridgehead atoms. The van der Waals surface area contributed by atoms with Gasteiger partial charge in [-0.1, -0.05) is 30.3 Å². The summed E-state index contributed by atoms with van der Waals surface area (Å²) in [6.45, 7) is 0.702. The van der Waals surface area contributed by atoms with E-state index >= 15 is 0 Å². The molecule has 2 aromatic rings. The fourth-order valence-electron chi connectivity index (χ4n) is 3.15. The average Bonchev–Trinajstić information content (AvgIpc) is 3.01. The topological polar surface area (TPSA) is 53.2 Å². The molecule has 1 fully saturated rings. The van der Waals surface area contributed by atoms with Crippen molar-refractivity contribution in [2.45, 2.75) is 24.9 Å². The van der Waals surface area contributed by atoms with Gasteiger partial charge in [0.1, 0.15) is 0 Å². The Labute approximate surface area is 128 Å². The number of hydrogen-bond acceptors (Lipinski definition) is 3. The van der Waals surface area contributed by atoms with Crippen molar-refractivity contribution in [2.24, 2.45) is 14.1 Å². The summed E-state index contributed by atoms with van der Waals surface area (Å²) in [5.74, 6) is 0. The van der Waals surface area contributed by atoms with Gasteiger partial charge in [-0.05, 0) is 18.4 Å². The van der Waals surface area contributed by atoms with Crippen LogP contribution in [0.3, 0.4) is 0 Å². The highest BCUT2D eigenvalue weighted by Gasteiger charge is 2.37. The second-order valence-electron chi connectivity index (χ2n) is 5.86. The number of nitrogens with zero attached hydrogens (tertiary/aromatic N) is 2. The first-order valence-corrected chi connectivity index (χ1v) is 7.49. The fourth-order valence-corrected chi connectivity index (χ4v) is 3.15. The Morgan fingerprint density at radius 2 is 1.86 bits per heavy atom. The van der Waals surface area contributed by atoms with E-state index in [1.54, 1.807) is 7.05 Å². The van der Waals surface area contributed by atoms with Gasteiger partial charge in [-0.25, -0.2) is 4.79 Å². The van der Waals surface area contributed by atoms with Crippen LogP contribution < -0.4 is 11.2 Å². The molecule has 0 amide bonds. The van der Waals surface area contributed by atoms with Crippen molar-refractivity contribution in [1.82, 2.24) is 9.13 Å². The standard InChI is InChI=1S/C17H20N2O3/c1-18-14(11-15(20)19(2)16(18)21)12-17(9-6-10-22-17)13-7-4-3-5-8-13/h3-5,7-8,11H,6,9-10,12H2,1-2H3/t17-/m0/s1. The third kappa shape index (κ3) is 2.41. The third-order valence-corrected chi connectivity index (χ3v) is 4.50. The third-order valence-electron chi connectivity index (χ3n) is 4.50. The average molecular weight is 300 g/mol. The summed E-state index contributed by atoms with van der Waals surface area (Å²) in [6, 6.07) is 11.6. The zero-order valence-corrected chi connectivity index (χ0v) is 12.9. The molecule has 1 aliphatic rings. The van der Waals surface area contributed by atoms with Gasteiger partial charge in [0.05, 0.1) is 5.60 Å². The van der Waals surface area contributed by atoms with E-state index in [1.807, 2.05) is 30.3 Å². The first-order chi connectivity index (χ1) is 10.5. The molecule has 1 aromatic carbocycles. The van der Waals surface area contributed by atoms with Crippen LogP contribution in [-0.2, 0) is 30.9 Å². The van der Waals surface area contributed by atoms with Gasteiger partial charge in [-0.3, -0.25) is 9.36 Å². The highest BCUT2D eigenvalue weighted by atomic mass is 16.5. The Morgan fingerprint density at radius 1 is 1.14 bits per heavy atom. The zero-order chi connectivity index (χ0) is 15.7. The molecule has 0 radical (unpaired) electrons. The van der Waals surface area contributed by atoms with Crippen molar-refractivity contribution in [3.8, 4) is 0 Å². The van der Waals surface area contributed by atoms with Crippen LogP contribution >= 0.6 is 0 Å². The summed E-state index contributed by atoms with van der Waals surface area (Å²) < 4.78 is 8.73. The lowest BCUT2D eigenvalue weighted by atomic mass is 9.86. The van der Waals surface area contributed by atoms with Gasteiger partial charge in [0.15, 0.2) is 0 Å². The van der Waals surface area contributed by atoms with Crippen molar-refractivity contribution >= 4 is 0 Å². The van der Waals surface area contributed by atoms with Crippen molar-refractivity contribution in [3.63, 3.8) is 0 Å². The summed E-state index contributed by atoms with van der Waals surface area (Å²) in [7, 11) is 3.19. The monoisotopic (exact) mass is 300 g/mol. The second-order valence-corrected chi connectivity index (χ2v) is 5.86. The Hall–Kier alpha value is -2.14. The van der Waals surface area contributed by atoms with Crippen LogP contribution in [-0.4, -0.2) is 15.7 Å². The normalized spacial score (nSPS) is 21.2. The number of rotatable bonds is 3. The number of ether oxygens (including phenoxy) is 1. The Morgan fingerprint density at radius 3 is 2.50 bits per heavy atom. The Balaban J connectivity index is 2.07. The van der Waals surface area contributed by atoms with Crippen LogP contribution in [0, 0.1) is 0 Å². The van der Waals surface area contributed by atoms with E-state index in [9.17, 15) is 9.59 Å². The molecule has 0 N–H and O–H groups in total. The molecule has 1 saturated heterocycles. The van der Waals surface area contributed by atoms with Crippen LogP contribution in [0.5, 0.6) is 0 Å². The smallest absolute Gasteiger partial charge is 0.330 e. The van der Waals surface area contributed by atoms with Gasteiger partial charge in [0.25, 0.3) is 5.56 Å². The second kappa shape index (κ2) is 5.57. The molecule has 1 aromatic heterocycles.